The summed E-state index contributed by atoms with van der Waals surface area (Å²) < 4.78 is 6.14. The second kappa shape index (κ2) is 6.36. The number of rotatable bonds is 4. The van der Waals surface area contributed by atoms with Gasteiger partial charge in [0, 0.05) is 0 Å². The van der Waals surface area contributed by atoms with Crippen LogP contribution in [0.1, 0.15) is 9.67 Å². The normalized spacial score (nSPS) is 9.68. The summed E-state index contributed by atoms with van der Waals surface area (Å²) >= 11 is 4.66. The lowest BCUT2D eigenvalue weighted by Crippen LogP contribution is -2.11. The highest BCUT2D eigenvalue weighted by Crippen LogP contribution is 2.26. The summed E-state index contributed by atoms with van der Waals surface area (Å²) in [5.74, 6) is 0.275. The molecule has 1 heterocycles. The summed E-state index contributed by atoms with van der Waals surface area (Å²) in [4.78, 5) is 12.6. The Labute approximate surface area is 122 Å². The molecule has 0 aliphatic heterocycles. The van der Waals surface area contributed by atoms with E-state index in [9.17, 15) is 4.79 Å². The van der Waals surface area contributed by atoms with Crippen LogP contribution in [0.15, 0.2) is 40.2 Å². The van der Waals surface area contributed by atoms with Crippen LogP contribution in [0.3, 0.4) is 0 Å². The van der Waals surface area contributed by atoms with Gasteiger partial charge in [0.2, 0.25) is 0 Å². The number of ether oxygens (including phenoxy) is 1. The maximum atomic E-state index is 12.0. The molecular weight excluding hydrogens is 328 g/mol. The number of benzene rings is 1. The molecule has 6 heteroatoms. The first-order valence-corrected chi connectivity index (χ1v) is 6.97. The largest absolute Gasteiger partial charge is 0.477 e. The average molecular weight is 337 g/mol. The van der Waals surface area contributed by atoms with Crippen molar-refractivity contribution in [1.29, 1.82) is 5.26 Å². The van der Waals surface area contributed by atoms with E-state index in [0.717, 1.165) is 3.79 Å². The van der Waals surface area contributed by atoms with Crippen molar-refractivity contribution in [2.45, 2.75) is 0 Å². The molecule has 0 atom stereocenters. The number of nitrogens with zero attached hydrogens (tertiary/aromatic N) is 1. The van der Waals surface area contributed by atoms with E-state index in [0.29, 0.717) is 16.3 Å². The smallest absolute Gasteiger partial charge is 0.265 e. The van der Waals surface area contributed by atoms with Gasteiger partial charge in [0.25, 0.3) is 5.91 Å². The van der Waals surface area contributed by atoms with Crippen molar-refractivity contribution < 1.29 is 9.53 Å². The Hall–Kier alpha value is -1.84. The average Bonchev–Trinajstić information content (AvgIpc) is 2.84. The van der Waals surface area contributed by atoms with Crippen molar-refractivity contribution in [2.24, 2.45) is 0 Å². The number of hydrogen-bond acceptors (Lipinski definition) is 4. The van der Waals surface area contributed by atoms with Crippen molar-refractivity contribution in [2.75, 3.05) is 11.9 Å². The monoisotopic (exact) mass is 336 g/mol. The molecule has 1 aromatic heterocycles. The number of amides is 1. The second-order valence-electron chi connectivity index (χ2n) is 3.50. The van der Waals surface area contributed by atoms with E-state index in [1.54, 1.807) is 30.3 Å². The first-order valence-electron chi connectivity index (χ1n) is 5.36. The van der Waals surface area contributed by atoms with Gasteiger partial charge in [-0.25, -0.2) is 0 Å². The van der Waals surface area contributed by atoms with Crippen molar-refractivity contribution in [3.8, 4) is 11.8 Å². The van der Waals surface area contributed by atoms with Gasteiger partial charge in [-0.3, -0.25) is 4.79 Å². The third kappa shape index (κ3) is 3.56. The Morgan fingerprint density at radius 2 is 2.16 bits per heavy atom. The summed E-state index contributed by atoms with van der Waals surface area (Å²) in [6.07, 6.45) is 0. The van der Waals surface area contributed by atoms with E-state index in [2.05, 4.69) is 21.2 Å². The molecule has 0 spiro atoms. The van der Waals surface area contributed by atoms with E-state index >= 15 is 0 Å². The lowest BCUT2D eigenvalue weighted by Gasteiger charge is -2.09. The number of hydrogen-bond donors (Lipinski definition) is 1. The minimum atomic E-state index is -0.205. The molecule has 0 aliphatic rings. The van der Waals surface area contributed by atoms with Gasteiger partial charge in [-0.1, -0.05) is 12.1 Å². The van der Waals surface area contributed by atoms with Crippen LogP contribution in [-0.4, -0.2) is 12.5 Å². The molecule has 4 nitrogen and oxygen atoms in total. The van der Waals surface area contributed by atoms with E-state index in [1.165, 1.54) is 11.3 Å². The quantitative estimate of drug-likeness (QED) is 0.926. The number of thiophene rings is 1. The van der Waals surface area contributed by atoms with Crippen LogP contribution in [-0.2, 0) is 0 Å². The molecule has 0 radical (unpaired) electrons. The topological polar surface area (TPSA) is 62.1 Å². The Bertz CT molecular complexity index is 634. The Balaban J connectivity index is 2.14. The molecule has 1 amide bonds. The van der Waals surface area contributed by atoms with Crippen LogP contribution in [0.4, 0.5) is 5.69 Å². The summed E-state index contributed by atoms with van der Waals surface area (Å²) in [5.41, 5.74) is 0.548. The zero-order chi connectivity index (χ0) is 13.7. The highest BCUT2D eigenvalue weighted by Gasteiger charge is 2.11. The van der Waals surface area contributed by atoms with Crippen molar-refractivity contribution in [3.05, 3.63) is 45.1 Å². The molecule has 1 N–H and O–H groups in total. The van der Waals surface area contributed by atoms with Gasteiger partial charge in [0.05, 0.1) is 14.4 Å². The van der Waals surface area contributed by atoms with Crippen LogP contribution >= 0.6 is 27.3 Å². The first kappa shape index (κ1) is 13.6. The molecule has 0 saturated carbocycles. The van der Waals surface area contributed by atoms with E-state index in [1.807, 2.05) is 12.1 Å². The van der Waals surface area contributed by atoms with Gasteiger partial charge >= 0.3 is 0 Å². The lowest BCUT2D eigenvalue weighted by molar-refractivity contribution is 0.103. The fourth-order valence-electron chi connectivity index (χ4n) is 1.43. The zero-order valence-electron chi connectivity index (χ0n) is 9.72. The third-order valence-corrected chi connectivity index (χ3v) is 3.85. The van der Waals surface area contributed by atoms with Crippen LogP contribution in [0.2, 0.25) is 0 Å². The zero-order valence-corrected chi connectivity index (χ0v) is 12.1. The van der Waals surface area contributed by atoms with Gasteiger partial charge < -0.3 is 10.1 Å². The highest BCUT2D eigenvalue weighted by molar-refractivity contribution is 9.11. The van der Waals surface area contributed by atoms with E-state index in [4.69, 9.17) is 10.00 Å². The summed E-state index contributed by atoms with van der Waals surface area (Å²) in [6, 6.07) is 12.5. The molecule has 2 aromatic rings. The molecule has 2 rings (SSSR count). The van der Waals surface area contributed by atoms with Crippen LogP contribution in [0.25, 0.3) is 0 Å². The van der Waals surface area contributed by atoms with Crippen LogP contribution in [0, 0.1) is 11.3 Å². The standard InChI is InChI=1S/C13H9BrN2O2S/c14-12-6-5-11(19-12)13(17)16-9-3-1-2-4-10(9)18-8-7-15/h1-6H,8H2,(H,16,17). The van der Waals surface area contributed by atoms with Crippen molar-refractivity contribution in [1.82, 2.24) is 0 Å². The maximum Gasteiger partial charge on any atom is 0.265 e. The predicted molar refractivity (Wildman–Crippen MR) is 77.5 cm³/mol. The van der Waals surface area contributed by atoms with Gasteiger partial charge in [0.15, 0.2) is 6.61 Å². The number of carbonyl (C=O) groups excluding carboxylic acids is 1. The molecular formula is C13H9BrN2O2S. The molecule has 0 unspecified atom stereocenters. The van der Waals surface area contributed by atoms with E-state index in [-0.39, 0.29) is 12.5 Å². The minimum Gasteiger partial charge on any atom is -0.477 e. The van der Waals surface area contributed by atoms with Crippen LogP contribution < -0.4 is 10.1 Å². The number of para-hydroxylation sites is 2. The number of nitriles is 1. The fraction of sp³-hybridized carbons (Fsp3) is 0.0769. The summed E-state index contributed by atoms with van der Waals surface area (Å²) in [5, 5.41) is 11.3. The predicted octanol–water partition coefficient (Wildman–Crippen LogP) is 3.67. The SMILES string of the molecule is N#CCOc1ccccc1NC(=O)c1ccc(Br)s1. The number of carbonyl (C=O) groups is 1. The van der Waals surface area contributed by atoms with Crippen LogP contribution in [0.5, 0.6) is 5.75 Å². The maximum absolute atomic E-state index is 12.0. The molecule has 0 bridgehead atoms. The van der Waals surface area contributed by atoms with Gasteiger partial charge in [-0.15, -0.1) is 11.3 Å². The fourth-order valence-corrected chi connectivity index (χ4v) is 2.71. The highest BCUT2D eigenvalue weighted by atomic mass is 79.9. The number of anilines is 1. The molecule has 1 aromatic carbocycles. The molecule has 96 valence electrons. The Morgan fingerprint density at radius 3 is 2.84 bits per heavy atom. The number of nitrogens with one attached hydrogen (secondary N) is 1. The summed E-state index contributed by atoms with van der Waals surface area (Å²) in [7, 11) is 0. The number of halogens is 1. The van der Waals surface area contributed by atoms with Gasteiger partial charge in [-0.2, -0.15) is 5.26 Å². The minimum absolute atomic E-state index is 0.0581. The summed E-state index contributed by atoms with van der Waals surface area (Å²) in [6.45, 7) is -0.0581. The van der Waals surface area contributed by atoms with Crippen molar-refractivity contribution in [3.63, 3.8) is 0 Å². The molecule has 0 aliphatic carbocycles. The van der Waals surface area contributed by atoms with E-state index < -0.39 is 0 Å². The Morgan fingerprint density at radius 1 is 1.37 bits per heavy atom. The second-order valence-corrected chi connectivity index (χ2v) is 5.96. The molecule has 0 saturated heterocycles. The first-order chi connectivity index (χ1) is 9.20. The molecule has 19 heavy (non-hydrogen) atoms. The Kier molecular flexibility index (Phi) is 4.55. The van der Waals surface area contributed by atoms with Gasteiger partial charge in [0.1, 0.15) is 11.8 Å². The lowest BCUT2D eigenvalue weighted by atomic mass is 10.3. The van der Waals surface area contributed by atoms with Gasteiger partial charge in [-0.05, 0) is 40.2 Å². The van der Waals surface area contributed by atoms with Crippen molar-refractivity contribution >= 4 is 38.9 Å². The third-order valence-electron chi connectivity index (χ3n) is 2.22. The molecule has 0 fully saturated rings.